The second-order valence-electron chi connectivity index (χ2n) is 7.76. The highest BCUT2D eigenvalue weighted by Gasteiger charge is 2.19. The molecule has 0 saturated heterocycles. The zero-order valence-corrected chi connectivity index (χ0v) is 18.3. The maximum Gasteiger partial charge on any atom is 0.335 e. The van der Waals surface area contributed by atoms with Crippen LogP contribution in [0.3, 0.4) is 0 Å². The summed E-state index contributed by atoms with van der Waals surface area (Å²) in [6.07, 6.45) is 0. The molecule has 0 aliphatic carbocycles. The number of carbonyl (C=O) groups is 1. The third kappa shape index (κ3) is 3.59. The molecule has 0 spiro atoms. The number of aromatic carboxylic acids is 1. The van der Waals surface area contributed by atoms with E-state index in [2.05, 4.69) is 11.1 Å². The van der Waals surface area contributed by atoms with Crippen LogP contribution in [-0.2, 0) is 0 Å². The second-order valence-corrected chi connectivity index (χ2v) is 8.67. The van der Waals surface area contributed by atoms with Crippen LogP contribution in [0, 0.1) is 24.1 Å². The van der Waals surface area contributed by atoms with E-state index in [-0.39, 0.29) is 11.4 Å². The molecular formula is C27H17FN2O2S. The second kappa shape index (κ2) is 8.05. The fraction of sp³-hybridized carbons (Fsp3) is 0.0370. The third-order valence-corrected chi connectivity index (χ3v) is 6.56. The molecular weight excluding hydrogens is 435 g/mol. The molecule has 4 nitrogen and oxygen atoms in total. The average molecular weight is 453 g/mol. The van der Waals surface area contributed by atoms with E-state index in [1.165, 1.54) is 23.5 Å². The van der Waals surface area contributed by atoms with E-state index < -0.39 is 5.97 Å². The molecule has 0 bridgehead atoms. The van der Waals surface area contributed by atoms with E-state index in [9.17, 15) is 19.6 Å². The summed E-state index contributed by atoms with van der Waals surface area (Å²) in [5.74, 6) is -1.29. The lowest BCUT2D eigenvalue weighted by Gasteiger charge is -2.09. The molecule has 33 heavy (non-hydrogen) atoms. The van der Waals surface area contributed by atoms with Gasteiger partial charge in [0.1, 0.15) is 16.8 Å². The molecule has 0 radical (unpaired) electrons. The number of fused-ring (bicyclic) bond motifs is 1. The first-order valence-corrected chi connectivity index (χ1v) is 11.1. The number of thiophene rings is 1. The van der Waals surface area contributed by atoms with Crippen LogP contribution < -0.4 is 0 Å². The number of aromatic nitrogens is 1. The predicted molar refractivity (Wildman–Crippen MR) is 129 cm³/mol. The highest BCUT2D eigenvalue weighted by Crippen LogP contribution is 2.42. The monoisotopic (exact) mass is 452 g/mol. The number of nitrogens with one attached hydrogen (secondary N) is 1. The standard InChI is InChI=1S/C27H17FN2O2S/c1-15-11-17(5-7-20(15)27(31)32)16-3-2-4-18(12-16)26-25(21-9-10-33-24(21)14-29)22-13-19(28)6-8-23(22)30-26/h2-13,30H,1H3,(H,31,32). The number of benzene rings is 3. The number of hydrogen-bond donors (Lipinski definition) is 2. The first-order chi connectivity index (χ1) is 16.0. The minimum Gasteiger partial charge on any atom is -0.478 e. The number of nitrogens with zero attached hydrogens (tertiary/aromatic N) is 1. The largest absolute Gasteiger partial charge is 0.478 e. The molecule has 5 rings (SSSR count). The molecule has 2 N–H and O–H groups in total. The number of aromatic amines is 1. The van der Waals surface area contributed by atoms with E-state index in [0.717, 1.165) is 39.0 Å². The summed E-state index contributed by atoms with van der Waals surface area (Å²) in [4.78, 5) is 15.3. The van der Waals surface area contributed by atoms with Crippen LogP contribution in [0.1, 0.15) is 20.8 Å². The average Bonchev–Trinajstić information content (AvgIpc) is 3.42. The van der Waals surface area contributed by atoms with Gasteiger partial charge in [0.2, 0.25) is 0 Å². The Morgan fingerprint density at radius 3 is 2.58 bits per heavy atom. The molecule has 0 amide bonds. The normalized spacial score (nSPS) is 10.9. The van der Waals surface area contributed by atoms with Gasteiger partial charge in [-0.2, -0.15) is 5.26 Å². The lowest BCUT2D eigenvalue weighted by molar-refractivity contribution is 0.0696. The van der Waals surface area contributed by atoms with Gasteiger partial charge in [-0.05, 0) is 71.0 Å². The smallest absolute Gasteiger partial charge is 0.335 e. The Kier molecular flexibility index (Phi) is 5.04. The van der Waals surface area contributed by atoms with E-state index in [1.807, 2.05) is 41.8 Å². The first-order valence-electron chi connectivity index (χ1n) is 10.2. The van der Waals surface area contributed by atoms with Crippen LogP contribution in [0.4, 0.5) is 4.39 Å². The number of aryl methyl sites for hydroxylation is 1. The number of rotatable bonds is 4. The number of H-pyrrole nitrogens is 1. The van der Waals surface area contributed by atoms with E-state index in [0.29, 0.717) is 15.8 Å². The maximum atomic E-state index is 14.1. The van der Waals surface area contributed by atoms with E-state index in [4.69, 9.17) is 0 Å². The zero-order valence-electron chi connectivity index (χ0n) is 17.5. The van der Waals surface area contributed by atoms with Gasteiger partial charge in [0.25, 0.3) is 0 Å². The number of halogens is 1. The fourth-order valence-electron chi connectivity index (χ4n) is 4.19. The SMILES string of the molecule is Cc1cc(-c2cccc(-c3[nH]c4ccc(F)cc4c3-c3ccsc3C#N)c2)ccc1C(=O)O. The Morgan fingerprint density at radius 1 is 1.03 bits per heavy atom. The lowest BCUT2D eigenvalue weighted by atomic mass is 9.95. The van der Waals surface area contributed by atoms with Gasteiger partial charge in [0.15, 0.2) is 0 Å². The predicted octanol–water partition coefficient (Wildman–Crippen LogP) is 7.25. The summed E-state index contributed by atoms with van der Waals surface area (Å²) in [6, 6.07) is 21.9. The van der Waals surface area contributed by atoms with Crippen molar-refractivity contribution < 1.29 is 14.3 Å². The van der Waals surface area contributed by atoms with Gasteiger partial charge in [-0.3, -0.25) is 0 Å². The van der Waals surface area contributed by atoms with Crippen molar-refractivity contribution in [3.05, 3.63) is 93.9 Å². The Bertz CT molecular complexity index is 1590. The summed E-state index contributed by atoms with van der Waals surface area (Å²) in [7, 11) is 0. The van der Waals surface area contributed by atoms with Crippen LogP contribution in [0.5, 0.6) is 0 Å². The van der Waals surface area contributed by atoms with Crippen molar-refractivity contribution in [2.45, 2.75) is 6.92 Å². The minimum atomic E-state index is -0.952. The molecule has 0 saturated carbocycles. The van der Waals surface area contributed by atoms with Crippen LogP contribution in [-0.4, -0.2) is 16.1 Å². The summed E-state index contributed by atoms with van der Waals surface area (Å²) in [6.45, 7) is 1.78. The highest BCUT2D eigenvalue weighted by molar-refractivity contribution is 7.11. The van der Waals surface area contributed by atoms with Crippen LogP contribution in [0.25, 0.3) is 44.4 Å². The molecule has 0 atom stereocenters. The number of carboxylic acids is 1. The minimum absolute atomic E-state index is 0.274. The molecule has 2 heterocycles. The van der Waals surface area contributed by atoms with Gasteiger partial charge in [0, 0.05) is 22.0 Å². The molecule has 6 heteroatoms. The Hall–Kier alpha value is -4.21. The number of hydrogen-bond acceptors (Lipinski definition) is 3. The van der Waals surface area contributed by atoms with Crippen LogP contribution in [0.15, 0.2) is 72.1 Å². The van der Waals surface area contributed by atoms with E-state index >= 15 is 0 Å². The van der Waals surface area contributed by atoms with Crippen molar-refractivity contribution >= 4 is 28.2 Å². The maximum absolute atomic E-state index is 14.1. The van der Waals surface area contributed by atoms with Crippen molar-refractivity contribution in [2.75, 3.05) is 0 Å². The quantitative estimate of drug-likeness (QED) is 0.301. The first kappa shape index (κ1) is 20.7. The number of carboxylic acid groups (broad SMARTS) is 1. The zero-order chi connectivity index (χ0) is 23.1. The third-order valence-electron chi connectivity index (χ3n) is 5.74. The van der Waals surface area contributed by atoms with Gasteiger partial charge in [-0.15, -0.1) is 11.3 Å². The summed E-state index contributed by atoms with van der Waals surface area (Å²) < 4.78 is 14.1. The Labute approximate surface area is 193 Å². The molecule has 0 aliphatic heterocycles. The molecule has 0 unspecified atom stereocenters. The molecule has 3 aromatic carbocycles. The van der Waals surface area contributed by atoms with E-state index in [1.54, 1.807) is 25.1 Å². The van der Waals surface area contributed by atoms with Crippen molar-refractivity contribution in [1.82, 2.24) is 4.98 Å². The summed E-state index contributed by atoms with van der Waals surface area (Å²) in [5.41, 5.74) is 6.80. The molecule has 160 valence electrons. The topological polar surface area (TPSA) is 76.9 Å². The van der Waals surface area contributed by atoms with Gasteiger partial charge in [0.05, 0.1) is 11.3 Å². The van der Waals surface area contributed by atoms with Crippen molar-refractivity contribution in [1.29, 1.82) is 5.26 Å². The Morgan fingerprint density at radius 2 is 1.82 bits per heavy atom. The van der Waals surface area contributed by atoms with Gasteiger partial charge in [-0.1, -0.05) is 30.3 Å². The molecule has 0 fully saturated rings. The highest BCUT2D eigenvalue weighted by atomic mass is 32.1. The lowest BCUT2D eigenvalue weighted by Crippen LogP contribution is -1.99. The van der Waals surface area contributed by atoms with Crippen molar-refractivity contribution in [3.8, 4) is 39.6 Å². The van der Waals surface area contributed by atoms with Crippen LogP contribution in [0.2, 0.25) is 0 Å². The summed E-state index contributed by atoms with van der Waals surface area (Å²) in [5, 5.41) is 21.5. The number of nitriles is 1. The fourth-order valence-corrected chi connectivity index (χ4v) is 4.88. The van der Waals surface area contributed by atoms with Gasteiger partial charge >= 0.3 is 5.97 Å². The van der Waals surface area contributed by atoms with Gasteiger partial charge in [-0.25, -0.2) is 9.18 Å². The van der Waals surface area contributed by atoms with Gasteiger partial charge < -0.3 is 10.1 Å². The molecule has 2 aromatic heterocycles. The molecule has 0 aliphatic rings. The van der Waals surface area contributed by atoms with Crippen molar-refractivity contribution in [3.63, 3.8) is 0 Å². The Balaban J connectivity index is 1.71. The van der Waals surface area contributed by atoms with Crippen LogP contribution >= 0.6 is 11.3 Å². The summed E-state index contributed by atoms with van der Waals surface area (Å²) >= 11 is 1.35. The molecule has 5 aromatic rings. The van der Waals surface area contributed by atoms with Crippen molar-refractivity contribution in [2.24, 2.45) is 0 Å².